The maximum Gasteiger partial charge on any atom is 0.308 e. The topological polar surface area (TPSA) is 102 Å². The van der Waals surface area contributed by atoms with Gasteiger partial charge in [-0.25, -0.2) is 0 Å². The van der Waals surface area contributed by atoms with Crippen molar-refractivity contribution in [2.24, 2.45) is 0 Å². The number of ketones is 1. The first-order chi connectivity index (χ1) is 17.2. The number of aliphatic hydroxyl groups is 1. The maximum absolute atomic E-state index is 13.3. The Labute approximate surface area is 208 Å². The van der Waals surface area contributed by atoms with E-state index in [4.69, 9.17) is 14.2 Å². The van der Waals surface area contributed by atoms with Crippen LogP contribution in [0.3, 0.4) is 0 Å². The minimum Gasteiger partial charge on any atom is -0.507 e. The van der Waals surface area contributed by atoms with E-state index in [0.29, 0.717) is 34.1 Å². The van der Waals surface area contributed by atoms with Gasteiger partial charge in [0, 0.05) is 24.2 Å². The molecule has 1 heterocycles. The van der Waals surface area contributed by atoms with E-state index in [-0.39, 0.29) is 11.3 Å². The van der Waals surface area contributed by atoms with E-state index in [2.05, 4.69) is 0 Å². The molecule has 3 aromatic carbocycles. The molecule has 8 heteroatoms. The molecule has 1 N–H and O–H groups in total. The summed E-state index contributed by atoms with van der Waals surface area (Å²) < 4.78 is 15.7. The average molecular weight is 488 g/mol. The first kappa shape index (κ1) is 24.5. The van der Waals surface area contributed by atoms with Gasteiger partial charge >= 0.3 is 5.97 Å². The van der Waals surface area contributed by atoms with Crippen LogP contribution in [-0.4, -0.2) is 37.0 Å². The SMILES string of the molecule is COc1cccc(N2C(=O)C(=O)/C(=C(/O)c3ccc(OC)c(C)c3)C2c2ccc(OC(C)=O)cc2)c1. The lowest BCUT2D eigenvalue weighted by Crippen LogP contribution is -2.29. The molecule has 0 bridgehead atoms. The van der Waals surface area contributed by atoms with Gasteiger partial charge in [-0.05, 0) is 60.5 Å². The second-order valence-electron chi connectivity index (χ2n) is 8.22. The van der Waals surface area contributed by atoms with Crippen molar-refractivity contribution in [3.05, 3.63) is 89.0 Å². The standard InChI is InChI=1S/C28H25NO7/c1-16-14-19(10-13-23(16)35-4)26(31)24-25(18-8-11-21(12-9-18)36-17(2)30)29(28(33)27(24)32)20-6-5-7-22(15-20)34-3/h5-15,25,31H,1-4H3/b26-24+. The summed E-state index contributed by atoms with van der Waals surface area (Å²) in [6, 6.07) is 17.3. The van der Waals surface area contributed by atoms with Crippen molar-refractivity contribution >= 4 is 29.1 Å². The number of ether oxygens (including phenoxy) is 3. The number of carbonyl (C=O) groups excluding carboxylic acids is 3. The van der Waals surface area contributed by atoms with Gasteiger partial charge in [-0.1, -0.05) is 18.2 Å². The molecule has 1 fully saturated rings. The molecule has 8 nitrogen and oxygen atoms in total. The zero-order chi connectivity index (χ0) is 26.0. The highest BCUT2D eigenvalue weighted by Gasteiger charge is 2.47. The molecule has 36 heavy (non-hydrogen) atoms. The second kappa shape index (κ2) is 9.95. The van der Waals surface area contributed by atoms with E-state index in [1.54, 1.807) is 73.8 Å². The molecule has 1 aliphatic heterocycles. The lowest BCUT2D eigenvalue weighted by Gasteiger charge is -2.26. The van der Waals surface area contributed by atoms with Crippen molar-refractivity contribution in [2.75, 3.05) is 19.1 Å². The van der Waals surface area contributed by atoms with Gasteiger partial charge in [0.05, 0.1) is 25.8 Å². The molecule has 0 saturated carbocycles. The molecule has 1 saturated heterocycles. The van der Waals surface area contributed by atoms with Gasteiger partial charge in [-0.15, -0.1) is 0 Å². The van der Waals surface area contributed by atoms with Gasteiger partial charge in [0.1, 0.15) is 23.0 Å². The third-order valence-corrected chi connectivity index (χ3v) is 5.90. The second-order valence-corrected chi connectivity index (χ2v) is 8.22. The van der Waals surface area contributed by atoms with E-state index in [1.165, 1.54) is 18.9 Å². The van der Waals surface area contributed by atoms with Crippen molar-refractivity contribution in [3.63, 3.8) is 0 Å². The molecule has 1 atom stereocenters. The smallest absolute Gasteiger partial charge is 0.308 e. The third kappa shape index (κ3) is 4.53. The van der Waals surface area contributed by atoms with Crippen LogP contribution in [0.15, 0.2) is 72.3 Å². The number of aryl methyl sites for hydroxylation is 1. The summed E-state index contributed by atoms with van der Waals surface area (Å²) in [5.41, 5.74) is 2.03. The number of hydrogen-bond donors (Lipinski definition) is 1. The lowest BCUT2D eigenvalue weighted by molar-refractivity contribution is -0.132. The van der Waals surface area contributed by atoms with Gasteiger partial charge < -0.3 is 19.3 Å². The zero-order valence-electron chi connectivity index (χ0n) is 20.3. The fourth-order valence-electron chi connectivity index (χ4n) is 4.24. The molecule has 184 valence electrons. The normalized spacial score (nSPS) is 16.7. The first-order valence-electron chi connectivity index (χ1n) is 11.1. The number of aliphatic hydroxyl groups excluding tert-OH is 1. The molecular weight excluding hydrogens is 462 g/mol. The minimum atomic E-state index is -0.939. The minimum absolute atomic E-state index is 0.0624. The number of nitrogens with zero attached hydrogens (tertiary/aromatic N) is 1. The Hall–Kier alpha value is -4.59. The fraction of sp³-hybridized carbons (Fsp3) is 0.179. The highest BCUT2D eigenvalue weighted by atomic mass is 16.5. The predicted octanol–water partition coefficient (Wildman–Crippen LogP) is 4.56. The molecular formula is C28H25NO7. The Morgan fingerprint density at radius 1 is 0.917 bits per heavy atom. The monoisotopic (exact) mass is 487 g/mol. The van der Waals surface area contributed by atoms with Crippen molar-refractivity contribution in [1.82, 2.24) is 0 Å². The molecule has 1 unspecified atom stereocenters. The van der Waals surface area contributed by atoms with Crippen molar-refractivity contribution in [2.45, 2.75) is 19.9 Å². The van der Waals surface area contributed by atoms with Crippen LogP contribution in [0.5, 0.6) is 17.2 Å². The van der Waals surface area contributed by atoms with E-state index < -0.39 is 23.7 Å². The Bertz CT molecular complexity index is 1370. The van der Waals surface area contributed by atoms with E-state index in [0.717, 1.165) is 5.56 Å². The number of amides is 1. The Morgan fingerprint density at radius 3 is 2.25 bits per heavy atom. The summed E-state index contributed by atoms with van der Waals surface area (Å²) in [5, 5.41) is 11.3. The van der Waals surface area contributed by atoms with Gasteiger partial charge in [0.25, 0.3) is 11.7 Å². The van der Waals surface area contributed by atoms with E-state index >= 15 is 0 Å². The quantitative estimate of drug-likeness (QED) is 0.179. The summed E-state index contributed by atoms with van der Waals surface area (Å²) in [4.78, 5) is 39.3. The molecule has 0 spiro atoms. The number of Topliss-reactive ketones (excluding diaryl/α,β-unsaturated/α-hetero) is 1. The van der Waals surface area contributed by atoms with Crippen molar-refractivity contribution in [3.8, 4) is 17.2 Å². The molecule has 1 aliphatic rings. The van der Waals surface area contributed by atoms with Crippen LogP contribution in [0.2, 0.25) is 0 Å². The van der Waals surface area contributed by atoms with Crippen LogP contribution in [0.25, 0.3) is 5.76 Å². The average Bonchev–Trinajstić information content (AvgIpc) is 3.14. The summed E-state index contributed by atoms with van der Waals surface area (Å²) >= 11 is 0. The summed E-state index contributed by atoms with van der Waals surface area (Å²) in [6.45, 7) is 3.11. The first-order valence-corrected chi connectivity index (χ1v) is 11.1. The Balaban J connectivity index is 1.91. The van der Waals surface area contributed by atoms with Crippen molar-refractivity contribution < 1.29 is 33.7 Å². The van der Waals surface area contributed by atoms with Crippen LogP contribution in [0.1, 0.15) is 29.7 Å². The molecule has 4 rings (SSSR count). The van der Waals surface area contributed by atoms with Crippen LogP contribution >= 0.6 is 0 Å². The van der Waals surface area contributed by atoms with Gasteiger partial charge in [0.2, 0.25) is 0 Å². The Morgan fingerprint density at radius 2 is 1.64 bits per heavy atom. The third-order valence-electron chi connectivity index (χ3n) is 5.90. The van der Waals surface area contributed by atoms with Crippen LogP contribution in [0.4, 0.5) is 5.69 Å². The summed E-state index contributed by atoms with van der Waals surface area (Å²) in [5.74, 6) is -0.943. The summed E-state index contributed by atoms with van der Waals surface area (Å²) in [7, 11) is 3.05. The Kier molecular flexibility index (Phi) is 6.78. The highest BCUT2D eigenvalue weighted by molar-refractivity contribution is 6.51. The molecule has 0 aromatic heterocycles. The number of esters is 1. The zero-order valence-corrected chi connectivity index (χ0v) is 20.3. The number of hydrogen-bond acceptors (Lipinski definition) is 7. The van der Waals surface area contributed by atoms with Gasteiger partial charge in [-0.2, -0.15) is 0 Å². The van der Waals surface area contributed by atoms with Crippen LogP contribution in [-0.2, 0) is 14.4 Å². The van der Waals surface area contributed by atoms with Gasteiger partial charge in [-0.3, -0.25) is 19.3 Å². The lowest BCUT2D eigenvalue weighted by atomic mass is 9.94. The largest absolute Gasteiger partial charge is 0.507 e. The number of rotatable bonds is 6. The molecule has 0 aliphatic carbocycles. The molecule has 1 amide bonds. The summed E-state index contributed by atoms with van der Waals surface area (Å²) in [6.07, 6.45) is 0. The van der Waals surface area contributed by atoms with Gasteiger partial charge in [0.15, 0.2) is 0 Å². The number of anilines is 1. The van der Waals surface area contributed by atoms with Crippen LogP contribution < -0.4 is 19.1 Å². The fourth-order valence-corrected chi connectivity index (χ4v) is 4.24. The maximum atomic E-state index is 13.3. The van der Waals surface area contributed by atoms with Crippen LogP contribution in [0, 0.1) is 6.92 Å². The highest BCUT2D eigenvalue weighted by Crippen LogP contribution is 2.43. The van der Waals surface area contributed by atoms with E-state index in [9.17, 15) is 19.5 Å². The molecule has 0 radical (unpaired) electrons. The molecule has 3 aromatic rings. The number of carbonyl (C=O) groups is 3. The number of methoxy groups -OCH3 is 2. The van der Waals surface area contributed by atoms with E-state index in [1.807, 2.05) is 6.92 Å². The number of benzene rings is 3. The van der Waals surface area contributed by atoms with Crippen molar-refractivity contribution in [1.29, 1.82) is 0 Å². The predicted molar refractivity (Wildman–Crippen MR) is 133 cm³/mol.